The first-order chi connectivity index (χ1) is 12.8. The topological polar surface area (TPSA) is 119 Å². The zero-order valence-electron chi connectivity index (χ0n) is 14.5. The number of amides is 3. The van der Waals surface area contributed by atoms with E-state index in [4.69, 9.17) is 4.74 Å². The van der Waals surface area contributed by atoms with E-state index in [-0.39, 0.29) is 22.6 Å². The Morgan fingerprint density at radius 1 is 1.19 bits per heavy atom. The lowest BCUT2D eigenvalue weighted by molar-refractivity contribution is -0.385. The summed E-state index contributed by atoms with van der Waals surface area (Å²) >= 11 is 0. The second-order valence-corrected chi connectivity index (χ2v) is 5.89. The van der Waals surface area contributed by atoms with Crippen molar-refractivity contribution >= 4 is 29.1 Å². The highest BCUT2D eigenvalue weighted by atomic mass is 16.6. The van der Waals surface area contributed by atoms with Crippen molar-refractivity contribution in [2.75, 3.05) is 19.0 Å². The molecule has 0 saturated heterocycles. The molecule has 27 heavy (non-hydrogen) atoms. The summed E-state index contributed by atoms with van der Waals surface area (Å²) in [5.41, 5.74) is 1.01. The normalized spacial score (nSPS) is 12.7. The molecule has 9 nitrogen and oxygen atoms in total. The molecule has 9 heteroatoms. The Morgan fingerprint density at radius 2 is 1.78 bits per heavy atom. The number of fused-ring (bicyclic) bond motifs is 1. The van der Waals surface area contributed by atoms with Crippen LogP contribution in [-0.2, 0) is 4.79 Å². The zero-order valence-corrected chi connectivity index (χ0v) is 14.5. The minimum absolute atomic E-state index is 0.0124. The number of aryl methyl sites for hydroxylation is 1. The molecule has 0 aromatic heterocycles. The summed E-state index contributed by atoms with van der Waals surface area (Å²) in [6, 6.07) is 8.93. The predicted octanol–water partition coefficient (Wildman–Crippen LogP) is 2.15. The van der Waals surface area contributed by atoms with Crippen LogP contribution in [0.15, 0.2) is 36.4 Å². The largest absolute Gasteiger partial charge is 0.490 e. The number of nitrogens with one attached hydrogen (secondary N) is 1. The van der Waals surface area contributed by atoms with Crippen molar-refractivity contribution in [2.45, 2.75) is 6.92 Å². The lowest BCUT2D eigenvalue weighted by Gasteiger charge is -2.15. The lowest BCUT2D eigenvalue weighted by atomic mass is 10.1. The first-order valence-electron chi connectivity index (χ1n) is 7.91. The molecule has 3 amide bonds. The highest BCUT2D eigenvalue weighted by Crippen LogP contribution is 2.32. The van der Waals surface area contributed by atoms with Crippen molar-refractivity contribution in [3.8, 4) is 5.75 Å². The first-order valence-corrected chi connectivity index (χ1v) is 7.91. The van der Waals surface area contributed by atoms with Crippen LogP contribution in [0.3, 0.4) is 0 Å². The Kier molecular flexibility index (Phi) is 4.59. The van der Waals surface area contributed by atoms with Gasteiger partial charge in [0.2, 0.25) is 5.91 Å². The molecule has 1 heterocycles. The number of nitro groups is 1. The number of carbonyl (C=O) groups is 3. The number of methoxy groups -OCH3 is 1. The smallest absolute Gasteiger partial charge is 0.311 e. The Morgan fingerprint density at radius 3 is 2.30 bits per heavy atom. The molecule has 0 radical (unpaired) electrons. The summed E-state index contributed by atoms with van der Waals surface area (Å²) in [4.78, 5) is 48.3. The third-order valence-corrected chi connectivity index (χ3v) is 4.18. The van der Waals surface area contributed by atoms with Gasteiger partial charge >= 0.3 is 5.69 Å². The first kappa shape index (κ1) is 18.1. The molecule has 1 N–H and O–H groups in total. The molecule has 2 aromatic rings. The third-order valence-electron chi connectivity index (χ3n) is 4.18. The Hall–Kier alpha value is -3.75. The van der Waals surface area contributed by atoms with Crippen molar-refractivity contribution in [1.29, 1.82) is 0 Å². The SMILES string of the molecule is COc1cc(NC(=O)CN2C(=O)c3ccccc3C2=O)c(C)cc1[N+](=O)[O-]. The number of imide groups is 1. The van der Waals surface area contributed by atoms with E-state index in [2.05, 4.69) is 5.32 Å². The maximum Gasteiger partial charge on any atom is 0.311 e. The van der Waals surface area contributed by atoms with Gasteiger partial charge < -0.3 is 10.1 Å². The lowest BCUT2D eigenvalue weighted by Crippen LogP contribution is -2.37. The summed E-state index contributed by atoms with van der Waals surface area (Å²) in [6.07, 6.45) is 0. The molecule has 0 spiro atoms. The van der Waals surface area contributed by atoms with Crippen molar-refractivity contribution < 1.29 is 24.0 Å². The molecule has 0 atom stereocenters. The second kappa shape index (κ2) is 6.87. The standard InChI is InChI=1S/C18H15N3O6/c1-10-7-14(21(25)26)15(27-2)8-13(10)19-16(22)9-20-17(23)11-5-3-4-6-12(11)18(20)24/h3-8H,9H2,1-2H3,(H,19,22). The molecule has 0 aliphatic carbocycles. The van der Waals surface area contributed by atoms with Gasteiger partial charge in [-0.1, -0.05) is 12.1 Å². The van der Waals surface area contributed by atoms with Crippen LogP contribution < -0.4 is 10.1 Å². The highest BCUT2D eigenvalue weighted by molar-refractivity contribution is 6.22. The maximum atomic E-state index is 12.3. The van der Waals surface area contributed by atoms with Gasteiger partial charge in [-0.05, 0) is 24.6 Å². The predicted molar refractivity (Wildman–Crippen MR) is 94.8 cm³/mol. The van der Waals surface area contributed by atoms with Gasteiger partial charge in [0.15, 0.2) is 5.75 Å². The Bertz CT molecular complexity index is 950. The van der Waals surface area contributed by atoms with Gasteiger partial charge in [-0.3, -0.25) is 29.4 Å². The van der Waals surface area contributed by atoms with E-state index in [0.717, 1.165) is 4.90 Å². The highest BCUT2D eigenvalue weighted by Gasteiger charge is 2.36. The number of rotatable bonds is 5. The van der Waals surface area contributed by atoms with E-state index in [1.165, 1.54) is 31.4 Å². The number of ether oxygens (including phenoxy) is 1. The van der Waals surface area contributed by atoms with Crippen molar-refractivity contribution in [2.24, 2.45) is 0 Å². The molecular formula is C18H15N3O6. The fourth-order valence-corrected chi connectivity index (χ4v) is 2.83. The van der Waals surface area contributed by atoms with E-state index in [0.29, 0.717) is 11.3 Å². The van der Waals surface area contributed by atoms with Crippen LogP contribution in [-0.4, -0.2) is 41.2 Å². The Balaban J connectivity index is 1.78. The van der Waals surface area contributed by atoms with Crippen molar-refractivity contribution in [3.05, 3.63) is 63.2 Å². The molecule has 0 bridgehead atoms. The van der Waals surface area contributed by atoms with Crippen LogP contribution in [0.1, 0.15) is 26.3 Å². The van der Waals surface area contributed by atoms with Gasteiger partial charge in [0.05, 0.1) is 23.2 Å². The van der Waals surface area contributed by atoms with Gasteiger partial charge in [-0.25, -0.2) is 0 Å². The van der Waals surface area contributed by atoms with Crippen LogP contribution in [0.5, 0.6) is 5.75 Å². The van der Waals surface area contributed by atoms with Gasteiger partial charge in [-0.15, -0.1) is 0 Å². The minimum Gasteiger partial charge on any atom is -0.490 e. The summed E-state index contributed by atoms with van der Waals surface area (Å²) in [5.74, 6) is -1.70. The van der Waals surface area contributed by atoms with E-state index in [9.17, 15) is 24.5 Å². The molecule has 1 aliphatic rings. The minimum atomic E-state index is -0.608. The molecule has 0 unspecified atom stereocenters. The number of hydrogen-bond acceptors (Lipinski definition) is 6. The van der Waals surface area contributed by atoms with Gasteiger partial charge in [-0.2, -0.15) is 0 Å². The summed E-state index contributed by atoms with van der Waals surface area (Å²) < 4.78 is 4.98. The maximum absolute atomic E-state index is 12.3. The molecule has 2 aromatic carbocycles. The summed E-state index contributed by atoms with van der Waals surface area (Å²) in [6.45, 7) is 1.12. The second-order valence-electron chi connectivity index (χ2n) is 5.89. The van der Waals surface area contributed by atoms with E-state index < -0.39 is 29.2 Å². The average Bonchev–Trinajstić information content (AvgIpc) is 2.88. The van der Waals surface area contributed by atoms with Crippen molar-refractivity contribution in [3.63, 3.8) is 0 Å². The molecule has 0 fully saturated rings. The molecule has 1 aliphatic heterocycles. The van der Waals surface area contributed by atoms with Crippen molar-refractivity contribution in [1.82, 2.24) is 4.90 Å². The summed E-state index contributed by atoms with van der Waals surface area (Å²) in [5, 5.41) is 13.6. The van der Waals surface area contributed by atoms with E-state index in [1.54, 1.807) is 19.1 Å². The monoisotopic (exact) mass is 369 g/mol. The summed E-state index contributed by atoms with van der Waals surface area (Å²) in [7, 11) is 1.28. The fraction of sp³-hybridized carbons (Fsp3) is 0.167. The van der Waals surface area contributed by atoms with Gasteiger partial charge in [0, 0.05) is 17.8 Å². The van der Waals surface area contributed by atoms with Crippen LogP contribution in [0, 0.1) is 17.0 Å². The van der Waals surface area contributed by atoms with E-state index >= 15 is 0 Å². The zero-order chi connectivity index (χ0) is 19.7. The Labute approximate surface area is 153 Å². The van der Waals surface area contributed by atoms with Crippen LogP contribution in [0.2, 0.25) is 0 Å². The van der Waals surface area contributed by atoms with Crippen LogP contribution >= 0.6 is 0 Å². The number of benzene rings is 2. The van der Waals surface area contributed by atoms with Gasteiger partial charge in [0.1, 0.15) is 6.54 Å². The number of hydrogen-bond donors (Lipinski definition) is 1. The van der Waals surface area contributed by atoms with Gasteiger partial charge in [0.25, 0.3) is 11.8 Å². The van der Waals surface area contributed by atoms with E-state index in [1.807, 2.05) is 0 Å². The molecule has 0 saturated carbocycles. The molecule has 138 valence electrons. The number of nitro benzene ring substituents is 1. The molecule has 3 rings (SSSR count). The average molecular weight is 369 g/mol. The van der Waals surface area contributed by atoms with Crippen LogP contribution in [0.4, 0.5) is 11.4 Å². The molecular weight excluding hydrogens is 354 g/mol. The quantitative estimate of drug-likeness (QED) is 0.490. The van der Waals surface area contributed by atoms with Crippen LogP contribution in [0.25, 0.3) is 0 Å². The fourth-order valence-electron chi connectivity index (χ4n) is 2.83. The number of anilines is 1. The third kappa shape index (κ3) is 3.22. The number of carbonyl (C=O) groups excluding carboxylic acids is 3. The number of nitrogens with zero attached hydrogens (tertiary/aromatic N) is 2.